The third kappa shape index (κ3) is 4.15. The first-order valence-corrected chi connectivity index (χ1v) is 4.54. The van der Waals surface area contributed by atoms with Crippen LogP contribution in [0.25, 0.3) is 10.4 Å². The van der Waals surface area contributed by atoms with Gasteiger partial charge in [-0.25, -0.2) is 0 Å². The van der Waals surface area contributed by atoms with Gasteiger partial charge in [0.15, 0.2) is 5.69 Å². The van der Waals surface area contributed by atoms with Crippen LogP contribution in [0, 0.1) is 0 Å². The summed E-state index contributed by atoms with van der Waals surface area (Å²) >= 11 is 0. The summed E-state index contributed by atoms with van der Waals surface area (Å²) < 4.78 is 4.53. The van der Waals surface area contributed by atoms with Crippen LogP contribution in [-0.4, -0.2) is 24.2 Å². The molecule has 1 N–H and O–H groups in total. The zero-order valence-electron chi connectivity index (χ0n) is 8.09. The minimum absolute atomic E-state index is 0.257. The summed E-state index contributed by atoms with van der Waals surface area (Å²) in [4.78, 5) is 13.9. The van der Waals surface area contributed by atoms with Crippen molar-refractivity contribution in [3.63, 3.8) is 0 Å². The maximum Gasteiger partial charge on any atom is 0.273 e. The SMILES string of the molecule is [N-]=[N+]=NCCCCNC(=O)c1ccon1. The summed E-state index contributed by atoms with van der Waals surface area (Å²) in [5.41, 5.74) is 8.27. The second-order valence-electron chi connectivity index (χ2n) is 2.80. The van der Waals surface area contributed by atoms with E-state index in [9.17, 15) is 4.79 Å². The van der Waals surface area contributed by atoms with E-state index in [1.54, 1.807) is 0 Å². The van der Waals surface area contributed by atoms with E-state index >= 15 is 0 Å². The molecule has 0 unspecified atom stereocenters. The fraction of sp³-hybridized carbons (Fsp3) is 0.500. The van der Waals surface area contributed by atoms with Crippen molar-refractivity contribution in [3.8, 4) is 0 Å². The molecule has 0 bridgehead atoms. The minimum atomic E-state index is -0.257. The van der Waals surface area contributed by atoms with Crippen molar-refractivity contribution in [3.05, 3.63) is 28.5 Å². The number of hydrogen-bond donors (Lipinski definition) is 1. The average Bonchev–Trinajstić information content (AvgIpc) is 2.76. The Morgan fingerprint density at radius 3 is 3.20 bits per heavy atom. The minimum Gasteiger partial charge on any atom is -0.364 e. The smallest absolute Gasteiger partial charge is 0.273 e. The first-order chi connectivity index (χ1) is 7.34. The zero-order chi connectivity index (χ0) is 10.9. The van der Waals surface area contributed by atoms with E-state index in [2.05, 4.69) is 25.0 Å². The van der Waals surface area contributed by atoms with Gasteiger partial charge in [-0.3, -0.25) is 4.79 Å². The van der Waals surface area contributed by atoms with Crippen LogP contribution in [0.2, 0.25) is 0 Å². The zero-order valence-corrected chi connectivity index (χ0v) is 8.09. The van der Waals surface area contributed by atoms with Crippen molar-refractivity contribution >= 4 is 5.91 Å². The molecule has 0 saturated heterocycles. The van der Waals surface area contributed by atoms with Crippen molar-refractivity contribution in [1.82, 2.24) is 10.5 Å². The molecule has 1 rings (SSSR count). The molecule has 0 aliphatic carbocycles. The maximum atomic E-state index is 11.3. The van der Waals surface area contributed by atoms with Crippen LogP contribution in [0.5, 0.6) is 0 Å². The number of azide groups is 1. The number of nitrogens with one attached hydrogen (secondary N) is 1. The van der Waals surface area contributed by atoms with Gasteiger partial charge in [-0.15, -0.1) is 0 Å². The summed E-state index contributed by atoms with van der Waals surface area (Å²) in [6.45, 7) is 0.989. The fourth-order valence-electron chi connectivity index (χ4n) is 0.974. The molecule has 7 heteroatoms. The Balaban J connectivity index is 2.10. The maximum absolute atomic E-state index is 11.3. The summed E-state index contributed by atoms with van der Waals surface area (Å²) in [7, 11) is 0. The number of carbonyl (C=O) groups excluding carboxylic acids is 1. The lowest BCUT2D eigenvalue weighted by Gasteiger charge is -2.00. The summed E-state index contributed by atoms with van der Waals surface area (Å²) in [6.07, 6.45) is 2.86. The Labute approximate surface area is 86.1 Å². The van der Waals surface area contributed by atoms with E-state index in [0.717, 1.165) is 12.8 Å². The van der Waals surface area contributed by atoms with Gasteiger partial charge < -0.3 is 9.84 Å². The predicted octanol–water partition coefficient (Wildman–Crippen LogP) is 1.49. The van der Waals surface area contributed by atoms with Gasteiger partial charge in [0.1, 0.15) is 6.26 Å². The van der Waals surface area contributed by atoms with E-state index in [0.29, 0.717) is 13.1 Å². The van der Waals surface area contributed by atoms with Gasteiger partial charge in [-0.05, 0) is 18.4 Å². The lowest BCUT2D eigenvalue weighted by molar-refractivity contribution is 0.0944. The highest BCUT2D eigenvalue weighted by atomic mass is 16.5. The molecule has 0 saturated carbocycles. The van der Waals surface area contributed by atoms with Crippen molar-refractivity contribution in [1.29, 1.82) is 0 Å². The first-order valence-electron chi connectivity index (χ1n) is 4.54. The molecule has 0 fully saturated rings. The van der Waals surface area contributed by atoms with E-state index in [1.165, 1.54) is 12.3 Å². The predicted molar refractivity (Wildman–Crippen MR) is 52.1 cm³/mol. The van der Waals surface area contributed by atoms with Crippen LogP contribution in [0.15, 0.2) is 22.0 Å². The normalized spacial score (nSPS) is 9.33. The lowest BCUT2D eigenvalue weighted by atomic mass is 10.3. The Bertz CT molecular complexity index is 342. The van der Waals surface area contributed by atoms with Crippen molar-refractivity contribution < 1.29 is 9.32 Å². The highest BCUT2D eigenvalue weighted by Crippen LogP contribution is 1.94. The highest BCUT2D eigenvalue weighted by molar-refractivity contribution is 5.91. The largest absolute Gasteiger partial charge is 0.364 e. The van der Waals surface area contributed by atoms with Gasteiger partial charge in [0, 0.05) is 24.1 Å². The Kier molecular flexibility index (Phi) is 4.75. The number of unbranched alkanes of at least 4 members (excludes halogenated alkanes) is 1. The topological polar surface area (TPSA) is 104 Å². The van der Waals surface area contributed by atoms with Gasteiger partial charge in [0.05, 0.1) is 0 Å². The molecule has 1 heterocycles. The molecule has 0 spiro atoms. The van der Waals surface area contributed by atoms with Crippen LogP contribution in [0.3, 0.4) is 0 Å². The second-order valence-corrected chi connectivity index (χ2v) is 2.80. The molecular formula is C8H11N5O2. The second kappa shape index (κ2) is 6.44. The Morgan fingerprint density at radius 1 is 1.67 bits per heavy atom. The monoisotopic (exact) mass is 209 g/mol. The standard InChI is InChI=1S/C8H11N5O2/c9-13-11-5-2-1-4-10-8(14)7-3-6-15-12-7/h3,6H,1-2,4-5H2,(H,10,14). The van der Waals surface area contributed by atoms with Gasteiger partial charge >= 0.3 is 0 Å². The number of nitrogens with zero attached hydrogens (tertiary/aromatic N) is 4. The van der Waals surface area contributed by atoms with Crippen LogP contribution in [-0.2, 0) is 0 Å². The van der Waals surface area contributed by atoms with Crippen molar-refractivity contribution in [2.45, 2.75) is 12.8 Å². The van der Waals surface area contributed by atoms with E-state index in [-0.39, 0.29) is 11.6 Å². The van der Waals surface area contributed by atoms with Crippen molar-refractivity contribution in [2.24, 2.45) is 5.11 Å². The molecule has 1 amide bonds. The number of amides is 1. The molecule has 0 aliphatic heterocycles. The summed E-state index contributed by atoms with van der Waals surface area (Å²) in [5, 5.41) is 9.54. The molecule has 0 aliphatic rings. The number of aromatic nitrogens is 1. The molecule has 7 nitrogen and oxygen atoms in total. The number of carbonyl (C=O) groups is 1. The first kappa shape index (κ1) is 11.1. The van der Waals surface area contributed by atoms with Crippen LogP contribution >= 0.6 is 0 Å². The van der Waals surface area contributed by atoms with Crippen LogP contribution < -0.4 is 5.32 Å². The molecule has 1 aromatic rings. The van der Waals surface area contributed by atoms with E-state index in [4.69, 9.17) is 5.53 Å². The molecule has 0 atom stereocenters. The lowest BCUT2D eigenvalue weighted by Crippen LogP contribution is -2.24. The fourth-order valence-corrected chi connectivity index (χ4v) is 0.974. The van der Waals surface area contributed by atoms with Gasteiger partial charge in [-0.1, -0.05) is 10.3 Å². The van der Waals surface area contributed by atoms with E-state index < -0.39 is 0 Å². The third-order valence-electron chi connectivity index (χ3n) is 1.70. The molecule has 0 aromatic carbocycles. The summed E-state index contributed by atoms with van der Waals surface area (Å²) in [6, 6.07) is 1.50. The van der Waals surface area contributed by atoms with Crippen LogP contribution in [0.4, 0.5) is 0 Å². The van der Waals surface area contributed by atoms with Gasteiger partial charge in [0.2, 0.25) is 0 Å². The van der Waals surface area contributed by atoms with Crippen LogP contribution in [0.1, 0.15) is 23.3 Å². The number of rotatable bonds is 6. The Morgan fingerprint density at radius 2 is 2.53 bits per heavy atom. The van der Waals surface area contributed by atoms with Gasteiger partial charge in [0.25, 0.3) is 5.91 Å². The highest BCUT2D eigenvalue weighted by Gasteiger charge is 2.06. The molecule has 0 radical (unpaired) electrons. The van der Waals surface area contributed by atoms with Crippen molar-refractivity contribution in [2.75, 3.05) is 13.1 Å². The van der Waals surface area contributed by atoms with Gasteiger partial charge in [-0.2, -0.15) is 0 Å². The number of hydrogen-bond acceptors (Lipinski definition) is 4. The molecule has 1 aromatic heterocycles. The molecular weight excluding hydrogens is 198 g/mol. The molecule has 15 heavy (non-hydrogen) atoms. The molecule has 80 valence electrons. The van der Waals surface area contributed by atoms with E-state index in [1.807, 2.05) is 0 Å². The quantitative estimate of drug-likeness (QED) is 0.332. The Hall–Kier alpha value is -2.01. The third-order valence-corrected chi connectivity index (χ3v) is 1.70. The summed E-state index contributed by atoms with van der Waals surface area (Å²) in [5.74, 6) is -0.257. The average molecular weight is 209 g/mol.